The van der Waals surface area contributed by atoms with E-state index < -0.39 is 0 Å². The molecule has 0 aliphatic carbocycles. The van der Waals surface area contributed by atoms with E-state index in [1.165, 1.54) is 21.6 Å². The average molecular weight is 455 g/mol. The zero-order chi connectivity index (χ0) is 23.0. The fourth-order valence-corrected chi connectivity index (χ4v) is 4.12. The molecule has 0 heterocycles. The van der Waals surface area contributed by atoms with Crippen molar-refractivity contribution < 1.29 is 0 Å². The Morgan fingerprint density at radius 2 is 1.21 bits per heavy atom. The number of rotatable bonds is 10. The summed E-state index contributed by atoms with van der Waals surface area (Å²) in [6, 6.07) is 42.3. The molecule has 2 nitrogen and oxygen atoms in total. The van der Waals surface area contributed by atoms with Crippen LogP contribution < -0.4 is 10.0 Å². The summed E-state index contributed by atoms with van der Waals surface area (Å²) in [6.45, 7) is 4.06. The molecule has 0 saturated heterocycles. The van der Waals surface area contributed by atoms with Gasteiger partial charge in [-0.1, -0.05) is 115 Å². The van der Waals surface area contributed by atoms with Gasteiger partial charge in [0.05, 0.1) is 6.04 Å². The van der Waals surface area contributed by atoms with Crippen molar-refractivity contribution in [3.05, 3.63) is 138 Å². The third kappa shape index (κ3) is 10.1. The minimum atomic E-state index is 0.272. The fraction of sp³-hybridized carbons (Fsp3) is 0.200. The summed E-state index contributed by atoms with van der Waals surface area (Å²) in [5.41, 5.74) is 4.01. The van der Waals surface area contributed by atoms with Crippen molar-refractivity contribution in [2.24, 2.45) is 0 Å². The highest BCUT2D eigenvalue weighted by molar-refractivity contribution is 7.97. The molecule has 0 aromatic heterocycles. The minimum Gasteiger partial charge on any atom is -0.315 e. The summed E-state index contributed by atoms with van der Waals surface area (Å²) < 4.78 is 3.63. The number of aryl methyl sites for hydroxylation is 2. The van der Waals surface area contributed by atoms with E-state index in [0.29, 0.717) is 0 Å². The van der Waals surface area contributed by atoms with Crippen LogP contribution >= 0.6 is 11.9 Å². The standard InChI is InChI=1S/C24H28N2S.C6H6/c1-20-14-16-23(17-15-20)27-26-24(22-12-6-3-7-13-22)19-25-18-8-11-21-9-4-2-5-10-21;1-2-4-6-5-3-1/h2-7,9-10,12-17,24-26H,8,11,18-19H2,1H3;1-6H/t24-;/m0./s1. The van der Waals surface area contributed by atoms with Gasteiger partial charge in [0.2, 0.25) is 0 Å². The lowest BCUT2D eigenvalue weighted by Crippen LogP contribution is -2.29. The lowest BCUT2D eigenvalue weighted by atomic mass is 10.1. The first kappa shape index (κ1) is 24.8. The van der Waals surface area contributed by atoms with Gasteiger partial charge in [0, 0.05) is 11.4 Å². The van der Waals surface area contributed by atoms with Gasteiger partial charge >= 0.3 is 0 Å². The predicted molar refractivity (Wildman–Crippen MR) is 143 cm³/mol. The van der Waals surface area contributed by atoms with Gasteiger partial charge in [-0.2, -0.15) is 0 Å². The summed E-state index contributed by atoms with van der Waals surface area (Å²) >= 11 is 1.70. The van der Waals surface area contributed by atoms with Crippen LogP contribution in [0.25, 0.3) is 0 Å². The van der Waals surface area contributed by atoms with Crippen LogP contribution in [0.1, 0.15) is 29.2 Å². The van der Waals surface area contributed by atoms with Crippen LogP contribution in [0.5, 0.6) is 0 Å². The second-order valence-electron chi connectivity index (χ2n) is 7.94. The molecule has 3 heteroatoms. The molecule has 33 heavy (non-hydrogen) atoms. The van der Waals surface area contributed by atoms with E-state index in [4.69, 9.17) is 0 Å². The van der Waals surface area contributed by atoms with E-state index in [0.717, 1.165) is 25.9 Å². The van der Waals surface area contributed by atoms with Crippen LogP contribution in [0.4, 0.5) is 0 Å². The lowest BCUT2D eigenvalue weighted by molar-refractivity contribution is 0.562. The van der Waals surface area contributed by atoms with E-state index >= 15 is 0 Å². The van der Waals surface area contributed by atoms with Crippen LogP contribution in [0, 0.1) is 6.92 Å². The molecule has 1 atom stereocenters. The van der Waals surface area contributed by atoms with Gasteiger partial charge in [-0.15, -0.1) is 0 Å². The van der Waals surface area contributed by atoms with Gasteiger partial charge in [-0.3, -0.25) is 4.72 Å². The molecule has 4 aromatic carbocycles. The summed E-state index contributed by atoms with van der Waals surface area (Å²) in [6.07, 6.45) is 2.27. The summed E-state index contributed by atoms with van der Waals surface area (Å²) in [5, 5.41) is 3.62. The van der Waals surface area contributed by atoms with E-state index in [-0.39, 0.29) is 6.04 Å². The topological polar surface area (TPSA) is 24.1 Å². The Morgan fingerprint density at radius 3 is 1.82 bits per heavy atom. The summed E-state index contributed by atoms with van der Waals surface area (Å²) in [5.74, 6) is 0. The van der Waals surface area contributed by atoms with Crippen LogP contribution in [-0.2, 0) is 6.42 Å². The normalized spacial score (nSPS) is 11.3. The highest BCUT2D eigenvalue weighted by atomic mass is 32.2. The Morgan fingerprint density at radius 1 is 0.667 bits per heavy atom. The molecule has 0 aliphatic rings. The first-order valence-corrected chi connectivity index (χ1v) is 12.4. The molecule has 2 N–H and O–H groups in total. The SMILES string of the molecule is Cc1ccc(SN[C@@H](CNCCCc2ccccc2)c2ccccc2)cc1.c1ccccc1. The predicted octanol–water partition coefficient (Wildman–Crippen LogP) is 7.24. The zero-order valence-electron chi connectivity index (χ0n) is 19.4. The molecule has 0 amide bonds. The van der Waals surface area contributed by atoms with Gasteiger partial charge in [-0.05, 0) is 61.5 Å². The van der Waals surface area contributed by atoms with Crippen LogP contribution in [-0.4, -0.2) is 13.1 Å². The van der Waals surface area contributed by atoms with Gasteiger partial charge < -0.3 is 5.32 Å². The van der Waals surface area contributed by atoms with Gasteiger partial charge in [-0.25, -0.2) is 0 Å². The first-order chi connectivity index (χ1) is 16.3. The largest absolute Gasteiger partial charge is 0.315 e. The molecule has 0 aliphatic heterocycles. The molecule has 4 aromatic rings. The highest BCUT2D eigenvalue weighted by Gasteiger charge is 2.11. The maximum Gasteiger partial charge on any atom is 0.0549 e. The molecular weight excluding hydrogens is 420 g/mol. The van der Waals surface area contributed by atoms with Crippen molar-refractivity contribution in [1.82, 2.24) is 10.0 Å². The molecule has 0 fully saturated rings. The summed E-state index contributed by atoms with van der Waals surface area (Å²) in [4.78, 5) is 1.24. The van der Waals surface area contributed by atoms with E-state index in [1.807, 2.05) is 36.4 Å². The number of hydrogen-bond donors (Lipinski definition) is 2. The Hall–Kier alpha value is -2.85. The number of benzene rings is 4. The highest BCUT2D eigenvalue weighted by Crippen LogP contribution is 2.21. The maximum atomic E-state index is 3.63. The minimum absolute atomic E-state index is 0.272. The number of hydrogen-bond acceptors (Lipinski definition) is 3. The van der Waals surface area contributed by atoms with Gasteiger partial charge in [0.1, 0.15) is 0 Å². The van der Waals surface area contributed by atoms with Crippen molar-refractivity contribution in [3.63, 3.8) is 0 Å². The third-order valence-electron chi connectivity index (χ3n) is 5.22. The Labute approximate surface area is 203 Å². The zero-order valence-corrected chi connectivity index (χ0v) is 20.2. The molecule has 0 bridgehead atoms. The molecule has 170 valence electrons. The van der Waals surface area contributed by atoms with Crippen molar-refractivity contribution in [1.29, 1.82) is 0 Å². The lowest BCUT2D eigenvalue weighted by Gasteiger charge is -2.19. The third-order valence-corrected chi connectivity index (χ3v) is 6.13. The number of nitrogens with one attached hydrogen (secondary N) is 2. The van der Waals surface area contributed by atoms with Crippen LogP contribution in [0.3, 0.4) is 0 Å². The fourth-order valence-electron chi connectivity index (χ4n) is 3.35. The van der Waals surface area contributed by atoms with Crippen molar-refractivity contribution >= 4 is 11.9 Å². The van der Waals surface area contributed by atoms with Crippen LogP contribution in [0.15, 0.2) is 126 Å². The molecule has 4 rings (SSSR count). The van der Waals surface area contributed by atoms with Crippen LogP contribution in [0.2, 0.25) is 0 Å². The molecular formula is C30H34N2S. The van der Waals surface area contributed by atoms with Gasteiger partial charge in [0.15, 0.2) is 0 Å². The van der Waals surface area contributed by atoms with Crippen molar-refractivity contribution in [2.75, 3.05) is 13.1 Å². The van der Waals surface area contributed by atoms with Crippen molar-refractivity contribution in [3.8, 4) is 0 Å². The Bertz CT molecular complexity index is 963. The van der Waals surface area contributed by atoms with Gasteiger partial charge in [0.25, 0.3) is 0 Å². The molecule has 0 radical (unpaired) electrons. The van der Waals surface area contributed by atoms with E-state index in [9.17, 15) is 0 Å². The molecule has 0 unspecified atom stereocenters. The Balaban J connectivity index is 0.000000442. The molecule has 0 spiro atoms. The van der Waals surface area contributed by atoms with E-state index in [1.54, 1.807) is 11.9 Å². The summed E-state index contributed by atoms with van der Waals surface area (Å²) in [7, 11) is 0. The second-order valence-corrected chi connectivity index (χ2v) is 8.86. The van der Waals surface area contributed by atoms with Crippen molar-refractivity contribution in [2.45, 2.75) is 30.7 Å². The molecule has 0 saturated carbocycles. The average Bonchev–Trinajstić information content (AvgIpc) is 2.89. The monoisotopic (exact) mass is 454 g/mol. The Kier molecular flexibility index (Phi) is 11.3. The maximum absolute atomic E-state index is 3.63. The quantitative estimate of drug-likeness (QED) is 0.195. The first-order valence-electron chi connectivity index (χ1n) is 11.6. The second kappa shape index (κ2) is 15.1. The van der Waals surface area contributed by atoms with E-state index in [2.05, 4.69) is 102 Å². The smallest absolute Gasteiger partial charge is 0.0549 e.